The number of nitrogens with one attached hydrogen (secondary N) is 1. The molecular weight excluding hydrogens is 272 g/mol. The minimum Gasteiger partial charge on any atom is -0.481 e. The van der Waals surface area contributed by atoms with Crippen LogP contribution in [0.25, 0.3) is 0 Å². The van der Waals surface area contributed by atoms with Crippen molar-refractivity contribution in [3.8, 4) is 0 Å². The smallest absolute Gasteiger partial charge is 0.307 e. The second-order valence-electron chi connectivity index (χ2n) is 5.84. The number of carboxylic acid groups (broad SMARTS) is 1. The van der Waals surface area contributed by atoms with Gasteiger partial charge in [0.1, 0.15) is 11.8 Å². The van der Waals surface area contributed by atoms with E-state index in [1.165, 1.54) is 0 Å². The molecule has 116 valence electrons. The van der Waals surface area contributed by atoms with E-state index in [1.54, 1.807) is 20.0 Å². The van der Waals surface area contributed by atoms with Gasteiger partial charge in [-0.1, -0.05) is 13.3 Å². The Kier molecular flexibility index (Phi) is 4.65. The summed E-state index contributed by atoms with van der Waals surface area (Å²) in [7, 11) is 0. The fourth-order valence-corrected chi connectivity index (χ4v) is 2.99. The number of carboxylic acids is 1. The molecule has 0 spiro atoms. The van der Waals surface area contributed by atoms with Crippen molar-refractivity contribution in [1.29, 1.82) is 0 Å². The zero-order valence-corrected chi connectivity index (χ0v) is 12.6. The molecule has 0 aliphatic heterocycles. The lowest BCUT2D eigenvalue weighted by Gasteiger charge is -2.18. The largest absolute Gasteiger partial charge is 0.481 e. The third-order valence-electron chi connectivity index (χ3n) is 4.26. The Morgan fingerprint density at radius 2 is 2.14 bits per heavy atom. The molecule has 21 heavy (non-hydrogen) atoms. The molecule has 1 amide bonds. The van der Waals surface area contributed by atoms with E-state index in [4.69, 9.17) is 4.42 Å². The minimum atomic E-state index is -0.884. The van der Waals surface area contributed by atoms with Gasteiger partial charge in [0.05, 0.1) is 18.0 Å². The quantitative estimate of drug-likeness (QED) is 0.869. The van der Waals surface area contributed by atoms with Gasteiger partial charge in [-0.05, 0) is 32.6 Å². The molecule has 1 heterocycles. The summed E-state index contributed by atoms with van der Waals surface area (Å²) in [6.45, 7) is 5.60. The second kappa shape index (κ2) is 6.28. The van der Waals surface area contributed by atoms with E-state index < -0.39 is 17.8 Å². The van der Waals surface area contributed by atoms with Gasteiger partial charge in [0.15, 0.2) is 0 Å². The minimum absolute atomic E-state index is 0.221. The van der Waals surface area contributed by atoms with Crippen LogP contribution in [0.2, 0.25) is 0 Å². The summed E-state index contributed by atoms with van der Waals surface area (Å²) in [5.74, 6) is -0.729. The Hall–Kier alpha value is -1.85. The number of amides is 1. The van der Waals surface area contributed by atoms with Crippen molar-refractivity contribution < 1.29 is 19.1 Å². The molecule has 1 aromatic heterocycles. The summed E-state index contributed by atoms with van der Waals surface area (Å²) in [4.78, 5) is 27.8. The SMILES string of the molecule is CCC1C[C@H](C(=O)NC(C)c2ncc(C)o2)[C@H](C(=O)O)C1. The van der Waals surface area contributed by atoms with Crippen LogP contribution in [0.15, 0.2) is 10.6 Å². The molecule has 0 saturated heterocycles. The van der Waals surface area contributed by atoms with E-state index in [0.29, 0.717) is 30.4 Å². The summed E-state index contributed by atoms with van der Waals surface area (Å²) in [5.41, 5.74) is 0. The standard InChI is InChI=1S/C15H22N2O4/c1-4-10-5-11(12(6-10)15(19)20)13(18)17-9(3)14-16-7-8(2)21-14/h7,9-12H,4-6H2,1-3H3,(H,17,18)(H,19,20)/t9?,10?,11-,12+/m0/s1. The fraction of sp³-hybridized carbons (Fsp3) is 0.667. The van der Waals surface area contributed by atoms with Crippen LogP contribution in [-0.2, 0) is 9.59 Å². The molecule has 2 N–H and O–H groups in total. The van der Waals surface area contributed by atoms with Crippen LogP contribution in [-0.4, -0.2) is 22.0 Å². The number of aliphatic carboxylic acids is 1. The Morgan fingerprint density at radius 3 is 2.67 bits per heavy atom. The maximum atomic E-state index is 12.4. The molecule has 2 rings (SSSR count). The van der Waals surface area contributed by atoms with Crippen LogP contribution in [0, 0.1) is 24.7 Å². The van der Waals surface area contributed by atoms with Gasteiger partial charge in [-0.2, -0.15) is 0 Å². The molecule has 6 nitrogen and oxygen atoms in total. The third-order valence-corrected chi connectivity index (χ3v) is 4.26. The molecule has 6 heteroatoms. The lowest BCUT2D eigenvalue weighted by atomic mass is 9.95. The van der Waals surface area contributed by atoms with Crippen molar-refractivity contribution in [3.05, 3.63) is 17.8 Å². The van der Waals surface area contributed by atoms with Crippen LogP contribution in [0.3, 0.4) is 0 Å². The molecule has 1 saturated carbocycles. The van der Waals surface area contributed by atoms with Crippen molar-refractivity contribution in [3.63, 3.8) is 0 Å². The molecule has 2 unspecified atom stereocenters. The highest BCUT2D eigenvalue weighted by atomic mass is 16.4. The first-order valence-electron chi connectivity index (χ1n) is 7.37. The van der Waals surface area contributed by atoms with E-state index in [2.05, 4.69) is 10.3 Å². The topological polar surface area (TPSA) is 92.4 Å². The van der Waals surface area contributed by atoms with Gasteiger partial charge in [-0.25, -0.2) is 4.98 Å². The number of carbonyl (C=O) groups is 2. The maximum Gasteiger partial charge on any atom is 0.307 e. The predicted molar refractivity (Wildman–Crippen MR) is 75.4 cm³/mol. The zero-order chi connectivity index (χ0) is 15.6. The van der Waals surface area contributed by atoms with E-state index >= 15 is 0 Å². The van der Waals surface area contributed by atoms with E-state index in [-0.39, 0.29) is 11.9 Å². The molecule has 1 fully saturated rings. The Balaban J connectivity index is 2.03. The number of carbonyl (C=O) groups excluding carboxylic acids is 1. The number of hydrogen-bond acceptors (Lipinski definition) is 4. The van der Waals surface area contributed by atoms with Gasteiger partial charge in [0.2, 0.25) is 11.8 Å². The first kappa shape index (κ1) is 15.5. The summed E-state index contributed by atoms with van der Waals surface area (Å²) in [6, 6.07) is -0.360. The average molecular weight is 294 g/mol. The third kappa shape index (κ3) is 3.43. The molecule has 0 radical (unpaired) electrons. The summed E-state index contributed by atoms with van der Waals surface area (Å²) in [5, 5.41) is 12.1. The van der Waals surface area contributed by atoms with Gasteiger partial charge in [0.25, 0.3) is 0 Å². The fourth-order valence-electron chi connectivity index (χ4n) is 2.99. The van der Waals surface area contributed by atoms with E-state index in [1.807, 2.05) is 6.92 Å². The summed E-state index contributed by atoms with van der Waals surface area (Å²) >= 11 is 0. The molecule has 1 aromatic rings. The molecule has 0 aromatic carbocycles. The van der Waals surface area contributed by atoms with Gasteiger partial charge in [-0.3, -0.25) is 9.59 Å². The molecular formula is C15H22N2O4. The Bertz CT molecular complexity index is 525. The van der Waals surface area contributed by atoms with Crippen molar-refractivity contribution in [1.82, 2.24) is 10.3 Å². The monoisotopic (exact) mass is 294 g/mol. The summed E-state index contributed by atoms with van der Waals surface area (Å²) < 4.78 is 5.38. The summed E-state index contributed by atoms with van der Waals surface area (Å²) in [6.07, 6.45) is 3.72. The van der Waals surface area contributed by atoms with Gasteiger partial charge in [-0.15, -0.1) is 0 Å². The highest BCUT2D eigenvalue weighted by Gasteiger charge is 2.42. The number of aryl methyl sites for hydroxylation is 1. The first-order valence-corrected chi connectivity index (χ1v) is 7.37. The highest BCUT2D eigenvalue weighted by Crippen LogP contribution is 2.38. The van der Waals surface area contributed by atoms with Crippen LogP contribution in [0.5, 0.6) is 0 Å². The number of rotatable bonds is 5. The van der Waals surface area contributed by atoms with E-state index in [9.17, 15) is 14.7 Å². The number of oxazole rings is 1. The number of aromatic nitrogens is 1. The van der Waals surface area contributed by atoms with Crippen LogP contribution >= 0.6 is 0 Å². The molecule has 0 bridgehead atoms. The second-order valence-corrected chi connectivity index (χ2v) is 5.84. The van der Waals surface area contributed by atoms with Crippen LogP contribution in [0.1, 0.15) is 50.8 Å². The van der Waals surface area contributed by atoms with Gasteiger partial charge < -0.3 is 14.8 Å². The van der Waals surface area contributed by atoms with Crippen LogP contribution in [0.4, 0.5) is 0 Å². The maximum absolute atomic E-state index is 12.4. The normalized spacial score (nSPS) is 26.5. The van der Waals surface area contributed by atoms with Crippen molar-refractivity contribution in [2.75, 3.05) is 0 Å². The molecule has 1 aliphatic rings. The van der Waals surface area contributed by atoms with Gasteiger partial charge >= 0.3 is 5.97 Å². The lowest BCUT2D eigenvalue weighted by molar-refractivity contribution is -0.146. The zero-order valence-electron chi connectivity index (χ0n) is 12.6. The lowest BCUT2D eigenvalue weighted by Crippen LogP contribution is -2.36. The van der Waals surface area contributed by atoms with Gasteiger partial charge in [0, 0.05) is 0 Å². The predicted octanol–water partition coefficient (Wildman–Crippen LogP) is 2.30. The van der Waals surface area contributed by atoms with Crippen LogP contribution < -0.4 is 5.32 Å². The van der Waals surface area contributed by atoms with Crippen molar-refractivity contribution in [2.45, 2.75) is 46.1 Å². The first-order chi connectivity index (χ1) is 9.92. The number of nitrogens with zero attached hydrogens (tertiary/aromatic N) is 1. The number of hydrogen-bond donors (Lipinski definition) is 2. The Morgan fingerprint density at radius 1 is 1.48 bits per heavy atom. The highest BCUT2D eigenvalue weighted by molar-refractivity contribution is 5.85. The molecule has 4 atom stereocenters. The Labute approximate surface area is 123 Å². The van der Waals surface area contributed by atoms with Crippen molar-refractivity contribution >= 4 is 11.9 Å². The van der Waals surface area contributed by atoms with Crippen molar-refractivity contribution in [2.24, 2.45) is 17.8 Å². The average Bonchev–Trinajstić information content (AvgIpc) is 3.04. The molecule has 1 aliphatic carbocycles. The van der Waals surface area contributed by atoms with E-state index in [0.717, 1.165) is 6.42 Å².